The maximum absolute atomic E-state index is 12.4. The Morgan fingerprint density at radius 3 is 2.57 bits per heavy atom. The molecular weight excluding hydrogens is 374 g/mol. The van der Waals surface area contributed by atoms with Crippen molar-refractivity contribution in [3.8, 4) is 0 Å². The number of likely N-dealkylation sites (tertiary alicyclic amines) is 1. The predicted molar refractivity (Wildman–Crippen MR) is 119 cm³/mol. The van der Waals surface area contributed by atoms with E-state index in [4.69, 9.17) is 4.74 Å². The highest BCUT2D eigenvalue weighted by molar-refractivity contribution is 5.77. The van der Waals surface area contributed by atoms with Crippen molar-refractivity contribution in [3.63, 3.8) is 0 Å². The molecule has 1 saturated heterocycles. The third kappa shape index (κ3) is 3.23. The summed E-state index contributed by atoms with van der Waals surface area (Å²) in [4.78, 5) is 26.2. The number of carbonyl (C=O) groups is 2. The molecular formula is C26H43NO3. The van der Waals surface area contributed by atoms with Crippen LogP contribution in [-0.2, 0) is 14.3 Å². The van der Waals surface area contributed by atoms with Crippen LogP contribution in [0.3, 0.4) is 0 Å². The molecule has 0 radical (unpaired) electrons. The van der Waals surface area contributed by atoms with Crippen molar-refractivity contribution in [3.05, 3.63) is 0 Å². The molecule has 1 aliphatic heterocycles. The number of esters is 1. The SMILES string of the molecule is COC(=O)CC[C@@H](C)[C@H]1CC[C@H]2[C@@H]3[C@@H](C)C[C@H]4N(C)C(=O)CC[C@]4(C)[C@H]3CC[C@]12C. The van der Waals surface area contributed by atoms with E-state index < -0.39 is 0 Å². The van der Waals surface area contributed by atoms with Crippen molar-refractivity contribution in [2.45, 2.75) is 91.5 Å². The van der Waals surface area contributed by atoms with Gasteiger partial charge >= 0.3 is 5.97 Å². The molecule has 0 unspecified atom stereocenters. The van der Waals surface area contributed by atoms with Crippen LogP contribution in [0.5, 0.6) is 0 Å². The van der Waals surface area contributed by atoms with Gasteiger partial charge in [0.15, 0.2) is 0 Å². The number of methoxy groups -OCH3 is 1. The van der Waals surface area contributed by atoms with Gasteiger partial charge in [-0.25, -0.2) is 0 Å². The summed E-state index contributed by atoms with van der Waals surface area (Å²) in [7, 11) is 3.55. The first-order valence-corrected chi connectivity index (χ1v) is 12.5. The number of hydrogen-bond acceptors (Lipinski definition) is 3. The summed E-state index contributed by atoms with van der Waals surface area (Å²) in [5, 5.41) is 0. The minimum atomic E-state index is -0.0684. The second kappa shape index (κ2) is 7.81. The van der Waals surface area contributed by atoms with E-state index in [-0.39, 0.29) is 11.4 Å². The normalized spacial score (nSPS) is 46.6. The number of amides is 1. The van der Waals surface area contributed by atoms with Crippen molar-refractivity contribution >= 4 is 11.9 Å². The molecule has 3 aliphatic carbocycles. The van der Waals surface area contributed by atoms with Crippen LogP contribution in [0.1, 0.15) is 85.5 Å². The standard InChI is InChI=1S/C26H43NO3/c1-16(7-10-23(29)30-6)18-8-9-19-24-17(2)15-21-26(4,14-12-22(28)27(21)5)20(24)11-13-25(18,19)3/h16-21,24H,7-15H2,1-6H3/t16-,17+,18-,19+,20+,21-,24+,25-,26-/m1/s1. The zero-order valence-corrected chi connectivity index (χ0v) is 20.1. The van der Waals surface area contributed by atoms with Gasteiger partial charge in [-0.2, -0.15) is 0 Å². The van der Waals surface area contributed by atoms with Crippen LogP contribution in [0, 0.1) is 46.3 Å². The van der Waals surface area contributed by atoms with Crippen molar-refractivity contribution in [2.75, 3.05) is 14.2 Å². The number of hydrogen-bond donors (Lipinski definition) is 0. The lowest BCUT2D eigenvalue weighted by Gasteiger charge is -2.64. The Bertz CT molecular complexity index is 692. The van der Waals surface area contributed by atoms with Gasteiger partial charge in [-0.15, -0.1) is 0 Å². The summed E-state index contributed by atoms with van der Waals surface area (Å²) in [6.45, 7) is 9.94. The molecule has 3 saturated carbocycles. The van der Waals surface area contributed by atoms with Gasteiger partial charge in [-0.3, -0.25) is 9.59 Å². The first kappa shape index (κ1) is 22.1. The van der Waals surface area contributed by atoms with Gasteiger partial charge in [0.05, 0.1) is 7.11 Å². The van der Waals surface area contributed by atoms with E-state index in [2.05, 4.69) is 39.6 Å². The van der Waals surface area contributed by atoms with Gasteiger partial charge in [0.25, 0.3) is 0 Å². The van der Waals surface area contributed by atoms with Crippen molar-refractivity contribution in [1.29, 1.82) is 0 Å². The molecule has 0 bridgehead atoms. The Labute approximate surface area is 183 Å². The number of piperidine rings is 1. The van der Waals surface area contributed by atoms with E-state index >= 15 is 0 Å². The summed E-state index contributed by atoms with van der Waals surface area (Å²) in [5.41, 5.74) is 0.695. The lowest BCUT2D eigenvalue weighted by molar-refractivity contribution is -0.167. The van der Waals surface area contributed by atoms with E-state index in [1.165, 1.54) is 39.2 Å². The molecule has 4 heteroatoms. The third-order valence-corrected chi connectivity index (χ3v) is 10.7. The highest BCUT2D eigenvalue weighted by Crippen LogP contribution is 2.68. The zero-order valence-electron chi connectivity index (χ0n) is 20.1. The average Bonchev–Trinajstić information content (AvgIpc) is 3.07. The van der Waals surface area contributed by atoms with Gasteiger partial charge in [-0.1, -0.05) is 27.7 Å². The lowest BCUT2D eigenvalue weighted by Crippen LogP contribution is -2.63. The smallest absolute Gasteiger partial charge is 0.305 e. The highest BCUT2D eigenvalue weighted by Gasteiger charge is 2.63. The van der Waals surface area contributed by atoms with Crippen LogP contribution in [0.4, 0.5) is 0 Å². The Morgan fingerprint density at radius 2 is 1.87 bits per heavy atom. The summed E-state index contributed by atoms with van der Waals surface area (Å²) >= 11 is 0. The second-order valence-corrected chi connectivity index (χ2v) is 11.9. The molecule has 0 aromatic rings. The molecule has 0 N–H and O–H groups in total. The van der Waals surface area contributed by atoms with E-state index in [0.29, 0.717) is 35.6 Å². The molecule has 0 spiro atoms. The molecule has 0 aromatic carbocycles. The zero-order chi connectivity index (χ0) is 21.8. The van der Waals surface area contributed by atoms with Gasteiger partial charge in [0, 0.05) is 25.9 Å². The molecule has 30 heavy (non-hydrogen) atoms. The fourth-order valence-electron chi connectivity index (χ4n) is 9.09. The number of ether oxygens (including phenoxy) is 1. The minimum absolute atomic E-state index is 0.0684. The Kier molecular flexibility index (Phi) is 5.77. The van der Waals surface area contributed by atoms with E-state index in [0.717, 1.165) is 42.9 Å². The number of rotatable bonds is 4. The van der Waals surface area contributed by atoms with Crippen LogP contribution >= 0.6 is 0 Å². The minimum Gasteiger partial charge on any atom is -0.469 e. The Hall–Kier alpha value is -1.06. The molecule has 1 amide bonds. The van der Waals surface area contributed by atoms with Crippen LogP contribution in [0.2, 0.25) is 0 Å². The summed E-state index contributed by atoms with van der Waals surface area (Å²) < 4.78 is 4.89. The molecule has 4 aliphatic rings. The van der Waals surface area contributed by atoms with Crippen LogP contribution in [-0.4, -0.2) is 37.0 Å². The van der Waals surface area contributed by atoms with Crippen LogP contribution in [0.25, 0.3) is 0 Å². The molecule has 9 atom stereocenters. The number of carbonyl (C=O) groups excluding carboxylic acids is 2. The maximum Gasteiger partial charge on any atom is 0.305 e. The largest absolute Gasteiger partial charge is 0.469 e. The third-order valence-electron chi connectivity index (χ3n) is 10.7. The monoisotopic (exact) mass is 417 g/mol. The van der Waals surface area contributed by atoms with Crippen LogP contribution in [0.15, 0.2) is 0 Å². The van der Waals surface area contributed by atoms with E-state index in [1.54, 1.807) is 0 Å². The Balaban J connectivity index is 1.55. The fraction of sp³-hybridized carbons (Fsp3) is 0.923. The van der Waals surface area contributed by atoms with Gasteiger partial charge < -0.3 is 9.64 Å². The second-order valence-electron chi connectivity index (χ2n) is 11.9. The number of fused-ring (bicyclic) bond motifs is 5. The molecule has 4 fully saturated rings. The average molecular weight is 418 g/mol. The Morgan fingerprint density at radius 1 is 1.17 bits per heavy atom. The maximum atomic E-state index is 12.4. The topological polar surface area (TPSA) is 46.6 Å². The predicted octanol–water partition coefficient (Wildman–Crippen LogP) is 5.30. The van der Waals surface area contributed by atoms with Crippen molar-refractivity contribution in [1.82, 2.24) is 4.90 Å². The van der Waals surface area contributed by atoms with Crippen LogP contribution < -0.4 is 0 Å². The number of nitrogens with zero attached hydrogens (tertiary/aromatic N) is 1. The molecule has 170 valence electrons. The summed E-state index contributed by atoms with van der Waals surface area (Å²) in [5.74, 6) is 4.63. The van der Waals surface area contributed by atoms with Crippen molar-refractivity contribution in [2.24, 2.45) is 46.3 Å². The fourth-order valence-corrected chi connectivity index (χ4v) is 9.09. The van der Waals surface area contributed by atoms with Crippen molar-refractivity contribution < 1.29 is 14.3 Å². The van der Waals surface area contributed by atoms with Gasteiger partial charge in [0.1, 0.15) is 0 Å². The lowest BCUT2D eigenvalue weighted by atomic mass is 9.44. The van der Waals surface area contributed by atoms with Gasteiger partial charge in [0.2, 0.25) is 5.91 Å². The summed E-state index contributed by atoms with van der Waals surface area (Å²) in [6, 6.07) is 0.426. The molecule has 4 rings (SSSR count). The first-order valence-electron chi connectivity index (χ1n) is 12.5. The van der Waals surface area contributed by atoms with E-state index in [9.17, 15) is 9.59 Å². The first-order chi connectivity index (χ1) is 14.1. The van der Waals surface area contributed by atoms with Gasteiger partial charge in [-0.05, 0) is 91.3 Å². The summed E-state index contributed by atoms with van der Waals surface area (Å²) in [6.07, 6.45) is 9.80. The van der Waals surface area contributed by atoms with E-state index in [1.807, 2.05) is 0 Å². The molecule has 0 aromatic heterocycles. The quantitative estimate of drug-likeness (QED) is 0.583. The molecule has 4 nitrogen and oxygen atoms in total. The molecule has 1 heterocycles. The highest BCUT2D eigenvalue weighted by atomic mass is 16.5.